The molecule has 23 heavy (non-hydrogen) atoms. The van der Waals surface area contributed by atoms with Crippen molar-refractivity contribution in [1.29, 1.82) is 0 Å². The molecule has 0 aliphatic carbocycles. The van der Waals surface area contributed by atoms with Crippen molar-refractivity contribution in [2.45, 2.75) is 39.2 Å². The van der Waals surface area contributed by atoms with Crippen LogP contribution in [0.5, 0.6) is 0 Å². The molecule has 0 radical (unpaired) electrons. The second-order valence-corrected chi connectivity index (χ2v) is 5.64. The fourth-order valence-corrected chi connectivity index (χ4v) is 2.81. The first kappa shape index (κ1) is 22.0. The number of hydrogen-bond acceptors (Lipinski definition) is 3. The van der Waals surface area contributed by atoms with Crippen LogP contribution in [0.4, 0.5) is 5.69 Å². The van der Waals surface area contributed by atoms with Crippen molar-refractivity contribution >= 4 is 36.4 Å². The molecule has 2 rings (SSSR count). The van der Waals surface area contributed by atoms with Crippen molar-refractivity contribution in [2.75, 3.05) is 31.1 Å². The Bertz CT molecular complexity index is 448. The molecule has 1 atom stereocenters. The van der Waals surface area contributed by atoms with Crippen molar-refractivity contribution in [1.82, 2.24) is 10.6 Å². The summed E-state index contributed by atoms with van der Waals surface area (Å²) in [5.41, 5.74) is 1.94. The van der Waals surface area contributed by atoms with Gasteiger partial charge in [-0.25, -0.2) is 0 Å². The fourth-order valence-electron chi connectivity index (χ4n) is 2.81. The van der Waals surface area contributed by atoms with Gasteiger partial charge in [-0.2, -0.15) is 0 Å². The van der Waals surface area contributed by atoms with Gasteiger partial charge in [0, 0.05) is 36.9 Å². The molecule has 1 saturated heterocycles. The summed E-state index contributed by atoms with van der Waals surface area (Å²) in [5.74, 6) is 0.0359. The Morgan fingerprint density at radius 1 is 1.26 bits per heavy atom. The maximum Gasteiger partial charge on any atom is 0.251 e. The summed E-state index contributed by atoms with van der Waals surface area (Å²) in [7, 11) is 0. The smallest absolute Gasteiger partial charge is 0.251 e. The Balaban J connectivity index is 0.00000242. The predicted molar refractivity (Wildman–Crippen MR) is 102 cm³/mol. The highest BCUT2D eigenvalue weighted by molar-refractivity contribution is 5.94. The summed E-state index contributed by atoms with van der Waals surface area (Å²) in [4.78, 5) is 14.6. The van der Waals surface area contributed by atoms with Gasteiger partial charge in [0.25, 0.3) is 5.91 Å². The van der Waals surface area contributed by atoms with Gasteiger partial charge >= 0.3 is 0 Å². The predicted octanol–water partition coefficient (Wildman–Crippen LogP) is 3.25. The molecule has 1 aliphatic rings. The van der Waals surface area contributed by atoms with Crippen molar-refractivity contribution in [3.05, 3.63) is 29.8 Å². The third-order valence-corrected chi connectivity index (χ3v) is 4.00. The van der Waals surface area contributed by atoms with Gasteiger partial charge in [0.05, 0.1) is 0 Å². The average Bonchev–Trinajstić information content (AvgIpc) is 2.54. The second-order valence-electron chi connectivity index (χ2n) is 5.64. The highest BCUT2D eigenvalue weighted by Crippen LogP contribution is 2.16. The topological polar surface area (TPSA) is 44.4 Å². The maximum absolute atomic E-state index is 12.2. The molecular formula is C17H29Cl2N3O. The van der Waals surface area contributed by atoms with Crippen LogP contribution in [0.2, 0.25) is 0 Å². The molecule has 1 aromatic rings. The summed E-state index contributed by atoms with van der Waals surface area (Å²) in [5, 5.41) is 6.42. The van der Waals surface area contributed by atoms with E-state index in [9.17, 15) is 4.79 Å². The normalized spacial score (nSPS) is 16.7. The quantitative estimate of drug-likeness (QED) is 0.817. The van der Waals surface area contributed by atoms with Crippen LogP contribution in [-0.4, -0.2) is 38.1 Å². The molecule has 2 N–H and O–H groups in total. The van der Waals surface area contributed by atoms with Crippen LogP contribution in [0.25, 0.3) is 0 Å². The first-order chi connectivity index (χ1) is 10.2. The molecule has 1 heterocycles. The molecule has 132 valence electrons. The Labute approximate surface area is 152 Å². The number of amides is 1. The molecule has 6 heteroatoms. The van der Waals surface area contributed by atoms with E-state index in [1.165, 1.54) is 5.69 Å². The number of halogens is 2. The fraction of sp³-hybridized carbons (Fsp3) is 0.588. The number of carbonyl (C=O) groups is 1. The van der Waals surface area contributed by atoms with E-state index in [1.807, 2.05) is 24.3 Å². The van der Waals surface area contributed by atoms with Crippen LogP contribution >= 0.6 is 24.8 Å². The zero-order valence-electron chi connectivity index (χ0n) is 14.0. The van der Waals surface area contributed by atoms with Crippen LogP contribution in [0.15, 0.2) is 24.3 Å². The van der Waals surface area contributed by atoms with E-state index in [2.05, 4.69) is 29.4 Å². The van der Waals surface area contributed by atoms with Gasteiger partial charge in [-0.3, -0.25) is 4.79 Å². The van der Waals surface area contributed by atoms with E-state index in [1.54, 1.807) is 0 Å². The van der Waals surface area contributed by atoms with Crippen molar-refractivity contribution < 1.29 is 4.79 Å². The number of benzene rings is 1. The highest BCUT2D eigenvalue weighted by atomic mass is 35.5. The molecule has 1 amide bonds. The van der Waals surface area contributed by atoms with Gasteiger partial charge in [0.1, 0.15) is 0 Å². The lowest BCUT2D eigenvalue weighted by atomic mass is 10.1. The van der Waals surface area contributed by atoms with E-state index in [0.29, 0.717) is 0 Å². The van der Waals surface area contributed by atoms with E-state index in [0.717, 1.165) is 51.0 Å². The molecule has 0 bridgehead atoms. The molecule has 0 spiro atoms. The number of anilines is 1. The third-order valence-electron chi connectivity index (χ3n) is 4.00. The van der Waals surface area contributed by atoms with Crippen LogP contribution < -0.4 is 15.5 Å². The number of rotatable bonds is 6. The maximum atomic E-state index is 12.2. The Morgan fingerprint density at radius 3 is 2.48 bits per heavy atom. The third kappa shape index (κ3) is 6.58. The van der Waals surface area contributed by atoms with Gasteiger partial charge in [-0.15, -0.1) is 24.8 Å². The van der Waals surface area contributed by atoms with E-state index in [-0.39, 0.29) is 36.8 Å². The molecule has 0 unspecified atom stereocenters. The van der Waals surface area contributed by atoms with Crippen molar-refractivity contribution in [2.24, 2.45) is 0 Å². The molecule has 0 aromatic heterocycles. The number of nitrogens with one attached hydrogen (secondary N) is 2. The van der Waals surface area contributed by atoms with Crippen LogP contribution in [0.1, 0.15) is 43.5 Å². The lowest BCUT2D eigenvalue weighted by molar-refractivity contribution is 0.0930. The Morgan fingerprint density at radius 2 is 1.96 bits per heavy atom. The standard InChI is InChI=1S/C17H27N3O.2ClH/c1-3-12-20(4-2)16-9-7-14(8-10-16)17(21)19-15-6-5-11-18-13-15;;/h7-10,15,18H,3-6,11-13H2,1-2H3,(H,19,21);2*1H/t15-;;/m0../s1. The van der Waals surface area contributed by atoms with E-state index in [4.69, 9.17) is 0 Å². The number of carbonyl (C=O) groups excluding carboxylic acids is 1. The average molecular weight is 362 g/mol. The number of hydrogen-bond donors (Lipinski definition) is 2. The van der Waals surface area contributed by atoms with Crippen LogP contribution in [-0.2, 0) is 0 Å². The minimum atomic E-state index is 0. The largest absolute Gasteiger partial charge is 0.372 e. The first-order valence-electron chi connectivity index (χ1n) is 8.11. The summed E-state index contributed by atoms with van der Waals surface area (Å²) < 4.78 is 0. The summed E-state index contributed by atoms with van der Waals surface area (Å²) in [6, 6.07) is 8.22. The zero-order chi connectivity index (χ0) is 15.1. The lowest BCUT2D eigenvalue weighted by Crippen LogP contribution is -2.45. The minimum absolute atomic E-state index is 0. The van der Waals surface area contributed by atoms with Gasteiger partial charge in [0.15, 0.2) is 0 Å². The second kappa shape index (κ2) is 11.5. The molecule has 1 fully saturated rings. The van der Waals surface area contributed by atoms with Gasteiger partial charge < -0.3 is 15.5 Å². The Hall–Kier alpha value is -0.970. The van der Waals surface area contributed by atoms with Crippen molar-refractivity contribution in [3.8, 4) is 0 Å². The first-order valence-corrected chi connectivity index (χ1v) is 8.11. The van der Waals surface area contributed by atoms with Gasteiger partial charge in [-0.1, -0.05) is 6.92 Å². The Kier molecular flexibility index (Phi) is 11.1. The summed E-state index contributed by atoms with van der Waals surface area (Å²) in [6.45, 7) is 8.33. The summed E-state index contributed by atoms with van der Waals surface area (Å²) in [6.07, 6.45) is 3.33. The highest BCUT2D eigenvalue weighted by Gasteiger charge is 2.16. The van der Waals surface area contributed by atoms with Crippen molar-refractivity contribution in [3.63, 3.8) is 0 Å². The molecule has 1 aliphatic heterocycles. The molecule has 4 nitrogen and oxygen atoms in total. The van der Waals surface area contributed by atoms with E-state index < -0.39 is 0 Å². The van der Waals surface area contributed by atoms with Crippen LogP contribution in [0.3, 0.4) is 0 Å². The molecule has 0 saturated carbocycles. The minimum Gasteiger partial charge on any atom is -0.372 e. The monoisotopic (exact) mass is 361 g/mol. The van der Waals surface area contributed by atoms with Gasteiger partial charge in [-0.05, 0) is 57.0 Å². The van der Waals surface area contributed by atoms with Gasteiger partial charge in [0.2, 0.25) is 0 Å². The lowest BCUT2D eigenvalue weighted by Gasteiger charge is -2.24. The molecular weight excluding hydrogens is 333 g/mol. The van der Waals surface area contributed by atoms with Crippen LogP contribution in [0, 0.1) is 0 Å². The summed E-state index contributed by atoms with van der Waals surface area (Å²) >= 11 is 0. The molecule has 1 aromatic carbocycles. The number of nitrogens with zero attached hydrogens (tertiary/aromatic N) is 1. The van der Waals surface area contributed by atoms with E-state index >= 15 is 0 Å². The number of piperidine rings is 1. The SMILES string of the molecule is CCCN(CC)c1ccc(C(=O)N[C@H]2CCCNC2)cc1.Cl.Cl. The zero-order valence-corrected chi connectivity index (χ0v) is 15.6.